The number of rotatable bonds is 6. The van der Waals surface area contributed by atoms with Crippen LogP contribution in [-0.4, -0.2) is 27.3 Å². The third-order valence-electron chi connectivity index (χ3n) is 3.71. The maximum atomic E-state index is 5.45. The summed E-state index contributed by atoms with van der Waals surface area (Å²) < 4.78 is 10.8. The van der Waals surface area contributed by atoms with Gasteiger partial charge in [0.2, 0.25) is 0 Å². The Morgan fingerprint density at radius 3 is 2.05 bits per heavy atom. The fraction of sp³-hybridized carbons (Fsp3) is 0.333. The molecule has 0 aliphatic rings. The third-order valence-corrected chi connectivity index (χ3v) is 3.71. The summed E-state index contributed by atoms with van der Waals surface area (Å²) in [5.41, 5.74) is 3.41. The Labute approximate surface area is 127 Å². The molecule has 3 nitrogen and oxygen atoms in total. The molecule has 2 aromatic carbocycles. The molecule has 0 amide bonds. The molecular weight excluding hydrogens is 262 g/mol. The zero-order valence-electron chi connectivity index (χ0n) is 13.2. The molecule has 21 heavy (non-hydrogen) atoms. The molecule has 2 aromatic rings. The van der Waals surface area contributed by atoms with Gasteiger partial charge < -0.3 is 14.4 Å². The van der Waals surface area contributed by atoms with Crippen LogP contribution in [0.1, 0.15) is 13.8 Å². The lowest BCUT2D eigenvalue weighted by atomic mass is 10.0. The van der Waals surface area contributed by atoms with E-state index in [4.69, 9.17) is 9.47 Å². The molecule has 3 heteroatoms. The van der Waals surface area contributed by atoms with Crippen molar-refractivity contribution in [2.75, 3.05) is 32.2 Å². The Hall–Kier alpha value is -2.16. The molecule has 0 N–H and O–H groups in total. The largest absolute Gasteiger partial charge is 0.497 e. The van der Waals surface area contributed by atoms with Crippen LogP contribution in [0.5, 0.6) is 11.5 Å². The van der Waals surface area contributed by atoms with Crippen molar-refractivity contribution >= 4 is 5.69 Å². The number of hydrogen-bond acceptors (Lipinski definition) is 3. The van der Waals surface area contributed by atoms with Crippen molar-refractivity contribution in [2.45, 2.75) is 13.8 Å². The molecular formula is C18H23NO2. The second kappa shape index (κ2) is 7.02. The van der Waals surface area contributed by atoms with Gasteiger partial charge in [0.05, 0.1) is 14.2 Å². The Morgan fingerprint density at radius 1 is 0.857 bits per heavy atom. The van der Waals surface area contributed by atoms with Gasteiger partial charge in [-0.2, -0.15) is 0 Å². The standard InChI is InChI=1S/C18H23NO2/c1-5-19(6-2)15-9-7-14(8-10-15)17-13-16(20-3)11-12-18(17)21-4/h7-13H,5-6H2,1-4H3. The van der Waals surface area contributed by atoms with Crippen molar-refractivity contribution in [2.24, 2.45) is 0 Å². The molecule has 0 saturated heterocycles. The summed E-state index contributed by atoms with van der Waals surface area (Å²) in [5.74, 6) is 1.69. The van der Waals surface area contributed by atoms with Gasteiger partial charge in [-0.3, -0.25) is 0 Å². The van der Waals surface area contributed by atoms with E-state index in [0.717, 1.165) is 35.7 Å². The van der Waals surface area contributed by atoms with Crippen LogP contribution in [0.3, 0.4) is 0 Å². The number of methoxy groups -OCH3 is 2. The minimum Gasteiger partial charge on any atom is -0.497 e. The van der Waals surface area contributed by atoms with Gasteiger partial charge in [-0.25, -0.2) is 0 Å². The summed E-state index contributed by atoms with van der Waals surface area (Å²) in [6.07, 6.45) is 0. The Balaban J connectivity index is 2.38. The molecule has 0 aromatic heterocycles. The van der Waals surface area contributed by atoms with Crippen LogP contribution >= 0.6 is 0 Å². The fourth-order valence-corrected chi connectivity index (χ4v) is 2.48. The molecule has 112 valence electrons. The Kier molecular flexibility index (Phi) is 5.09. The Bertz CT molecular complexity index is 574. The highest BCUT2D eigenvalue weighted by Gasteiger charge is 2.08. The van der Waals surface area contributed by atoms with Crippen LogP contribution in [0.4, 0.5) is 5.69 Å². The number of benzene rings is 2. The van der Waals surface area contributed by atoms with Crippen molar-refractivity contribution in [1.82, 2.24) is 0 Å². The highest BCUT2D eigenvalue weighted by atomic mass is 16.5. The van der Waals surface area contributed by atoms with Crippen LogP contribution in [0.2, 0.25) is 0 Å². The summed E-state index contributed by atoms with van der Waals surface area (Å²) in [6, 6.07) is 14.4. The van der Waals surface area contributed by atoms with Crippen LogP contribution < -0.4 is 14.4 Å². The van der Waals surface area contributed by atoms with E-state index in [-0.39, 0.29) is 0 Å². The lowest BCUT2D eigenvalue weighted by molar-refractivity contribution is 0.404. The van der Waals surface area contributed by atoms with Gasteiger partial charge in [-0.15, -0.1) is 0 Å². The van der Waals surface area contributed by atoms with Gasteiger partial charge in [0.1, 0.15) is 11.5 Å². The molecule has 0 aliphatic carbocycles. The fourth-order valence-electron chi connectivity index (χ4n) is 2.48. The lowest BCUT2D eigenvalue weighted by Crippen LogP contribution is -2.21. The highest BCUT2D eigenvalue weighted by molar-refractivity contribution is 5.73. The molecule has 0 saturated carbocycles. The number of nitrogens with zero attached hydrogens (tertiary/aromatic N) is 1. The zero-order valence-corrected chi connectivity index (χ0v) is 13.2. The molecule has 0 unspecified atom stereocenters. The maximum Gasteiger partial charge on any atom is 0.126 e. The minimum atomic E-state index is 0.832. The van der Waals surface area contributed by atoms with E-state index in [9.17, 15) is 0 Å². The number of hydrogen-bond donors (Lipinski definition) is 0. The first-order valence-electron chi connectivity index (χ1n) is 7.30. The van der Waals surface area contributed by atoms with Crippen molar-refractivity contribution < 1.29 is 9.47 Å². The SMILES string of the molecule is CCN(CC)c1ccc(-c2cc(OC)ccc2OC)cc1. The van der Waals surface area contributed by atoms with Crippen LogP contribution in [0, 0.1) is 0 Å². The summed E-state index contributed by atoms with van der Waals surface area (Å²) in [7, 11) is 3.37. The second-order valence-corrected chi connectivity index (χ2v) is 4.79. The molecule has 0 fully saturated rings. The summed E-state index contributed by atoms with van der Waals surface area (Å²) >= 11 is 0. The van der Waals surface area contributed by atoms with Crippen molar-refractivity contribution in [1.29, 1.82) is 0 Å². The quantitative estimate of drug-likeness (QED) is 0.793. The van der Waals surface area contributed by atoms with Gasteiger partial charge in [0.25, 0.3) is 0 Å². The van der Waals surface area contributed by atoms with Gasteiger partial charge in [-0.1, -0.05) is 12.1 Å². The molecule has 0 aliphatic heterocycles. The van der Waals surface area contributed by atoms with Gasteiger partial charge >= 0.3 is 0 Å². The average Bonchev–Trinajstić information content (AvgIpc) is 2.56. The first-order chi connectivity index (χ1) is 10.2. The highest BCUT2D eigenvalue weighted by Crippen LogP contribution is 2.34. The van der Waals surface area contributed by atoms with E-state index in [0.29, 0.717) is 0 Å². The number of ether oxygens (including phenoxy) is 2. The van der Waals surface area contributed by atoms with E-state index in [1.54, 1.807) is 14.2 Å². The predicted octanol–water partition coefficient (Wildman–Crippen LogP) is 4.22. The third kappa shape index (κ3) is 3.30. The lowest BCUT2D eigenvalue weighted by Gasteiger charge is -2.21. The molecule has 0 heterocycles. The van der Waals surface area contributed by atoms with Crippen LogP contribution in [0.25, 0.3) is 11.1 Å². The van der Waals surface area contributed by atoms with Crippen molar-refractivity contribution in [3.05, 3.63) is 42.5 Å². The monoisotopic (exact) mass is 285 g/mol. The Morgan fingerprint density at radius 2 is 1.52 bits per heavy atom. The normalized spacial score (nSPS) is 10.3. The van der Waals surface area contributed by atoms with E-state index in [1.807, 2.05) is 18.2 Å². The maximum absolute atomic E-state index is 5.45. The van der Waals surface area contributed by atoms with Crippen LogP contribution in [-0.2, 0) is 0 Å². The zero-order chi connectivity index (χ0) is 15.2. The van der Waals surface area contributed by atoms with Crippen LogP contribution in [0.15, 0.2) is 42.5 Å². The molecule has 0 bridgehead atoms. The predicted molar refractivity (Wildman–Crippen MR) is 88.5 cm³/mol. The molecule has 2 rings (SSSR count). The molecule has 0 radical (unpaired) electrons. The van der Waals surface area contributed by atoms with E-state index in [2.05, 4.69) is 43.0 Å². The first-order valence-corrected chi connectivity index (χ1v) is 7.30. The molecule has 0 atom stereocenters. The summed E-state index contributed by atoms with van der Waals surface area (Å²) in [5, 5.41) is 0. The van der Waals surface area contributed by atoms with E-state index < -0.39 is 0 Å². The average molecular weight is 285 g/mol. The molecule has 0 spiro atoms. The van der Waals surface area contributed by atoms with Gasteiger partial charge in [0, 0.05) is 24.3 Å². The van der Waals surface area contributed by atoms with Gasteiger partial charge in [0.15, 0.2) is 0 Å². The first kappa shape index (κ1) is 15.2. The van der Waals surface area contributed by atoms with E-state index in [1.165, 1.54) is 5.69 Å². The summed E-state index contributed by atoms with van der Waals surface area (Å²) in [6.45, 7) is 6.36. The second-order valence-electron chi connectivity index (χ2n) is 4.79. The van der Waals surface area contributed by atoms with E-state index >= 15 is 0 Å². The van der Waals surface area contributed by atoms with Crippen molar-refractivity contribution in [3.63, 3.8) is 0 Å². The topological polar surface area (TPSA) is 21.7 Å². The number of anilines is 1. The smallest absolute Gasteiger partial charge is 0.126 e. The van der Waals surface area contributed by atoms with Gasteiger partial charge in [-0.05, 0) is 49.7 Å². The summed E-state index contributed by atoms with van der Waals surface area (Å²) in [4.78, 5) is 2.33. The minimum absolute atomic E-state index is 0.832. The van der Waals surface area contributed by atoms with Crippen molar-refractivity contribution in [3.8, 4) is 22.6 Å².